The van der Waals surface area contributed by atoms with E-state index in [-0.39, 0.29) is 6.79 Å². The standard InChI is InChI=1S/C19H17N3O3S/c1-12-18(14-4-6-15(23-2)7-5-14)21-19(26-12)22-20-10-13-3-8-16-17(9-13)25-11-24-16/h3-10H,11H2,1-2H3,(H,21,22)/b20-10+. The molecule has 0 spiro atoms. The van der Waals surface area contributed by atoms with Crippen LogP contribution in [0.1, 0.15) is 10.4 Å². The molecule has 2 heterocycles. The molecule has 6 nitrogen and oxygen atoms in total. The van der Waals surface area contributed by atoms with Gasteiger partial charge in [-0.25, -0.2) is 4.98 Å². The number of nitrogens with one attached hydrogen (secondary N) is 1. The Morgan fingerprint density at radius 2 is 1.96 bits per heavy atom. The number of anilines is 1. The Bertz CT molecular complexity index is 951. The van der Waals surface area contributed by atoms with E-state index in [1.165, 1.54) is 0 Å². The molecule has 0 aliphatic carbocycles. The highest BCUT2D eigenvalue weighted by Crippen LogP contribution is 2.33. The highest BCUT2D eigenvalue weighted by molar-refractivity contribution is 7.15. The number of hydrogen-bond acceptors (Lipinski definition) is 7. The van der Waals surface area contributed by atoms with E-state index in [1.807, 2.05) is 49.4 Å². The van der Waals surface area contributed by atoms with Crippen molar-refractivity contribution in [2.45, 2.75) is 6.92 Å². The van der Waals surface area contributed by atoms with Crippen molar-refractivity contribution in [3.63, 3.8) is 0 Å². The summed E-state index contributed by atoms with van der Waals surface area (Å²) in [7, 11) is 1.66. The van der Waals surface area contributed by atoms with Crippen LogP contribution in [-0.2, 0) is 0 Å². The highest BCUT2D eigenvalue weighted by Gasteiger charge is 2.12. The molecule has 0 unspecified atom stereocenters. The highest BCUT2D eigenvalue weighted by atomic mass is 32.1. The summed E-state index contributed by atoms with van der Waals surface area (Å²) in [6.07, 6.45) is 1.73. The summed E-state index contributed by atoms with van der Waals surface area (Å²) >= 11 is 1.56. The van der Waals surface area contributed by atoms with E-state index in [4.69, 9.17) is 14.2 Å². The number of ether oxygens (including phenoxy) is 3. The van der Waals surface area contributed by atoms with Crippen molar-refractivity contribution in [2.24, 2.45) is 5.10 Å². The van der Waals surface area contributed by atoms with Gasteiger partial charge in [0.15, 0.2) is 11.5 Å². The number of aromatic nitrogens is 1. The third-order valence-corrected chi connectivity index (χ3v) is 4.81. The first kappa shape index (κ1) is 16.4. The molecule has 0 saturated heterocycles. The predicted molar refractivity (Wildman–Crippen MR) is 103 cm³/mol. The van der Waals surface area contributed by atoms with Gasteiger partial charge < -0.3 is 14.2 Å². The van der Waals surface area contributed by atoms with E-state index >= 15 is 0 Å². The molecule has 0 fully saturated rings. The van der Waals surface area contributed by atoms with Crippen LogP contribution in [0.4, 0.5) is 5.13 Å². The lowest BCUT2D eigenvalue weighted by molar-refractivity contribution is 0.174. The Balaban J connectivity index is 1.47. The number of methoxy groups -OCH3 is 1. The Kier molecular flexibility index (Phi) is 4.45. The Labute approximate surface area is 155 Å². The van der Waals surface area contributed by atoms with E-state index < -0.39 is 0 Å². The minimum absolute atomic E-state index is 0.265. The zero-order valence-electron chi connectivity index (χ0n) is 14.4. The molecule has 0 bridgehead atoms. The molecule has 1 aromatic heterocycles. The van der Waals surface area contributed by atoms with Gasteiger partial charge in [0.05, 0.1) is 19.0 Å². The first-order chi connectivity index (χ1) is 12.7. The zero-order chi connectivity index (χ0) is 17.9. The van der Waals surface area contributed by atoms with Gasteiger partial charge >= 0.3 is 0 Å². The van der Waals surface area contributed by atoms with Crippen molar-refractivity contribution in [1.82, 2.24) is 4.98 Å². The average Bonchev–Trinajstić information content (AvgIpc) is 3.28. The lowest BCUT2D eigenvalue weighted by atomic mass is 10.1. The Morgan fingerprint density at radius 1 is 1.15 bits per heavy atom. The number of fused-ring (bicyclic) bond motifs is 1. The van der Waals surface area contributed by atoms with Gasteiger partial charge in [-0.2, -0.15) is 5.10 Å². The summed E-state index contributed by atoms with van der Waals surface area (Å²) in [6.45, 7) is 2.31. The van der Waals surface area contributed by atoms with Gasteiger partial charge in [-0.3, -0.25) is 5.43 Å². The molecule has 26 heavy (non-hydrogen) atoms. The lowest BCUT2D eigenvalue weighted by Crippen LogP contribution is -1.93. The fourth-order valence-electron chi connectivity index (χ4n) is 2.62. The molecule has 132 valence electrons. The number of rotatable bonds is 5. The van der Waals surface area contributed by atoms with Gasteiger partial charge in [-0.15, -0.1) is 11.3 Å². The zero-order valence-corrected chi connectivity index (χ0v) is 15.2. The van der Waals surface area contributed by atoms with Gasteiger partial charge in [0.1, 0.15) is 5.75 Å². The third-order valence-electron chi connectivity index (χ3n) is 3.93. The van der Waals surface area contributed by atoms with Crippen LogP contribution in [0.3, 0.4) is 0 Å². The number of hydrogen-bond donors (Lipinski definition) is 1. The van der Waals surface area contributed by atoms with Crippen LogP contribution in [0.15, 0.2) is 47.6 Å². The van der Waals surface area contributed by atoms with Crippen molar-refractivity contribution in [3.05, 3.63) is 52.9 Å². The SMILES string of the molecule is COc1ccc(-c2nc(N/N=C/c3ccc4c(c3)OCO4)sc2C)cc1. The monoisotopic (exact) mass is 367 g/mol. The molecule has 1 aliphatic heterocycles. The van der Waals surface area contributed by atoms with Crippen LogP contribution in [0.5, 0.6) is 17.2 Å². The molecular weight excluding hydrogens is 350 g/mol. The molecule has 0 amide bonds. The van der Waals surface area contributed by atoms with E-state index in [2.05, 4.69) is 15.5 Å². The molecule has 4 rings (SSSR count). The molecule has 0 saturated carbocycles. The summed E-state index contributed by atoms with van der Waals surface area (Å²) in [5.74, 6) is 2.32. The van der Waals surface area contributed by atoms with Crippen LogP contribution in [-0.4, -0.2) is 25.1 Å². The fourth-order valence-corrected chi connectivity index (χ4v) is 3.40. The van der Waals surface area contributed by atoms with Gasteiger partial charge in [0.2, 0.25) is 11.9 Å². The molecule has 2 aromatic carbocycles. The van der Waals surface area contributed by atoms with Crippen molar-refractivity contribution in [3.8, 4) is 28.5 Å². The minimum atomic E-state index is 0.265. The second-order valence-corrected chi connectivity index (χ2v) is 6.84. The molecular formula is C19H17N3O3S. The largest absolute Gasteiger partial charge is 0.497 e. The maximum Gasteiger partial charge on any atom is 0.231 e. The van der Waals surface area contributed by atoms with Crippen LogP contribution in [0.25, 0.3) is 11.3 Å². The van der Waals surface area contributed by atoms with Crippen LogP contribution >= 0.6 is 11.3 Å². The van der Waals surface area contributed by atoms with Gasteiger partial charge in [-0.1, -0.05) is 0 Å². The lowest BCUT2D eigenvalue weighted by Gasteiger charge is -2.01. The van der Waals surface area contributed by atoms with Crippen molar-refractivity contribution in [1.29, 1.82) is 0 Å². The Hall–Kier alpha value is -3.06. The van der Waals surface area contributed by atoms with E-state index in [9.17, 15) is 0 Å². The summed E-state index contributed by atoms with van der Waals surface area (Å²) in [4.78, 5) is 5.75. The smallest absolute Gasteiger partial charge is 0.231 e. The first-order valence-corrected chi connectivity index (χ1v) is 8.85. The molecule has 0 radical (unpaired) electrons. The predicted octanol–water partition coefficient (Wildman–Crippen LogP) is 4.30. The molecule has 1 aliphatic rings. The van der Waals surface area contributed by atoms with Crippen molar-refractivity contribution < 1.29 is 14.2 Å². The number of benzene rings is 2. The third kappa shape index (κ3) is 3.34. The molecule has 7 heteroatoms. The van der Waals surface area contributed by atoms with Gasteiger partial charge in [0.25, 0.3) is 0 Å². The summed E-state index contributed by atoms with van der Waals surface area (Å²) in [6, 6.07) is 13.6. The first-order valence-electron chi connectivity index (χ1n) is 8.03. The number of aryl methyl sites for hydroxylation is 1. The van der Waals surface area contributed by atoms with Crippen molar-refractivity contribution in [2.75, 3.05) is 19.3 Å². The van der Waals surface area contributed by atoms with E-state index in [1.54, 1.807) is 24.7 Å². The van der Waals surface area contributed by atoms with Gasteiger partial charge in [0, 0.05) is 10.4 Å². The quantitative estimate of drug-likeness (QED) is 0.538. The minimum Gasteiger partial charge on any atom is -0.497 e. The second kappa shape index (κ2) is 7.05. The van der Waals surface area contributed by atoms with Crippen LogP contribution in [0.2, 0.25) is 0 Å². The summed E-state index contributed by atoms with van der Waals surface area (Å²) < 4.78 is 15.9. The van der Waals surface area contributed by atoms with E-state index in [0.29, 0.717) is 0 Å². The maximum atomic E-state index is 5.36. The van der Waals surface area contributed by atoms with E-state index in [0.717, 1.165) is 44.1 Å². The Morgan fingerprint density at radius 3 is 2.77 bits per heavy atom. The van der Waals surface area contributed by atoms with Crippen LogP contribution < -0.4 is 19.6 Å². The summed E-state index contributed by atoms with van der Waals surface area (Å²) in [5, 5.41) is 5.01. The molecule has 1 N–H and O–H groups in total. The van der Waals surface area contributed by atoms with Crippen LogP contribution in [0, 0.1) is 6.92 Å². The maximum absolute atomic E-state index is 5.36. The van der Waals surface area contributed by atoms with Gasteiger partial charge in [-0.05, 0) is 55.0 Å². The topological polar surface area (TPSA) is 65.0 Å². The van der Waals surface area contributed by atoms with Crippen molar-refractivity contribution >= 4 is 22.7 Å². The normalized spacial score (nSPS) is 12.5. The average molecular weight is 367 g/mol. The summed E-state index contributed by atoms with van der Waals surface area (Å²) in [5.41, 5.74) is 5.91. The number of hydrazone groups is 1. The molecule has 3 aromatic rings. The number of thiazole rings is 1. The number of nitrogens with zero attached hydrogens (tertiary/aromatic N) is 2. The fraction of sp³-hybridized carbons (Fsp3) is 0.158. The molecule has 0 atom stereocenters. The second-order valence-electron chi connectivity index (χ2n) is 5.64.